The van der Waals surface area contributed by atoms with Crippen molar-refractivity contribution < 1.29 is 14.3 Å². The van der Waals surface area contributed by atoms with E-state index < -0.39 is 0 Å². The molecule has 1 N–H and O–H groups in total. The maximum atomic E-state index is 12.4. The van der Waals surface area contributed by atoms with Crippen LogP contribution in [0.15, 0.2) is 17.0 Å². The Labute approximate surface area is 142 Å². The molecule has 1 unspecified atom stereocenters. The summed E-state index contributed by atoms with van der Waals surface area (Å²) in [6.07, 6.45) is 4.84. The van der Waals surface area contributed by atoms with Gasteiger partial charge in [0.1, 0.15) is 0 Å². The Balaban J connectivity index is 2.09. The lowest BCUT2D eigenvalue weighted by Gasteiger charge is -2.22. The van der Waals surface area contributed by atoms with Gasteiger partial charge in [0.2, 0.25) is 5.91 Å². The van der Waals surface area contributed by atoms with E-state index in [9.17, 15) is 4.79 Å². The van der Waals surface area contributed by atoms with Crippen LogP contribution < -0.4 is 14.8 Å². The quantitative estimate of drug-likeness (QED) is 0.774. The topological polar surface area (TPSA) is 50.8 Å². The molecule has 128 valence electrons. The monoisotopic (exact) mass is 338 g/mol. The first-order chi connectivity index (χ1) is 11.1. The van der Waals surface area contributed by atoms with Gasteiger partial charge in [0.25, 0.3) is 0 Å². The van der Waals surface area contributed by atoms with Crippen LogP contribution in [0, 0.1) is 0 Å². The Bertz CT molecular complexity index is 545. The molecule has 1 atom stereocenters. The molecule has 1 fully saturated rings. The van der Waals surface area contributed by atoms with Gasteiger partial charge in [-0.2, -0.15) is 0 Å². The second-order valence-corrected chi connectivity index (χ2v) is 6.61. The number of ether oxygens (including phenoxy) is 2. The molecule has 2 rings (SSSR count). The predicted octanol–water partition coefficient (Wildman–Crippen LogP) is 2.53. The van der Waals surface area contributed by atoms with Crippen molar-refractivity contribution >= 4 is 17.7 Å². The summed E-state index contributed by atoms with van der Waals surface area (Å²) in [4.78, 5) is 15.3. The lowest BCUT2D eigenvalue weighted by molar-refractivity contribution is -0.130. The van der Waals surface area contributed by atoms with Gasteiger partial charge in [0.15, 0.2) is 11.5 Å². The molecular formula is C17H26N2O3S. The molecule has 0 saturated carbocycles. The fraction of sp³-hybridized carbons (Fsp3) is 0.588. The first-order valence-electron chi connectivity index (χ1n) is 7.85. The highest BCUT2D eigenvalue weighted by Gasteiger charge is 2.21. The molecule has 0 spiro atoms. The van der Waals surface area contributed by atoms with Gasteiger partial charge in [0, 0.05) is 31.0 Å². The summed E-state index contributed by atoms with van der Waals surface area (Å²) in [7, 11) is 5.12. The number of nitrogens with zero attached hydrogens (tertiary/aromatic N) is 1. The highest BCUT2D eigenvalue weighted by molar-refractivity contribution is 7.98. The van der Waals surface area contributed by atoms with Gasteiger partial charge in [-0.3, -0.25) is 4.79 Å². The average molecular weight is 338 g/mol. The van der Waals surface area contributed by atoms with E-state index in [4.69, 9.17) is 9.47 Å². The van der Waals surface area contributed by atoms with Crippen LogP contribution in [0.5, 0.6) is 11.5 Å². The minimum atomic E-state index is 0.172. The number of hydrogen-bond donors (Lipinski definition) is 1. The maximum Gasteiger partial charge on any atom is 0.224 e. The van der Waals surface area contributed by atoms with E-state index in [2.05, 4.69) is 5.32 Å². The van der Waals surface area contributed by atoms with Crippen molar-refractivity contribution in [2.24, 2.45) is 0 Å². The van der Waals surface area contributed by atoms with Crippen LogP contribution in [0.1, 0.15) is 24.8 Å². The molecule has 6 heteroatoms. The number of benzene rings is 1. The Morgan fingerprint density at radius 1 is 1.35 bits per heavy atom. The zero-order valence-electron chi connectivity index (χ0n) is 14.3. The number of amides is 1. The first kappa shape index (κ1) is 17.9. The molecule has 1 aromatic carbocycles. The number of methoxy groups -OCH3 is 2. The SMILES string of the molecule is COc1cc(CN(C)C(=O)CC2CCCN2)c(SC)cc1OC. The molecule has 23 heavy (non-hydrogen) atoms. The fourth-order valence-electron chi connectivity index (χ4n) is 2.86. The van der Waals surface area contributed by atoms with Crippen LogP contribution >= 0.6 is 11.8 Å². The van der Waals surface area contributed by atoms with Crippen LogP contribution in [-0.2, 0) is 11.3 Å². The lowest BCUT2D eigenvalue weighted by atomic mass is 10.1. The van der Waals surface area contributed by atoms with Crippen LogP contribution in [0.2, 0.25) is 0 Å². The van der Waals surface area contributed by atoms with E-state index in [0.717, 1.165) is 29.8 Å². The number of carbonyl (C=O) groups excluding carboxylic acids is 1. The van der Waals surface area contributed by atoms with Gasteiger partial charge < -0.3 is 19.7 Å². The van der Waals surface area contributed by atoms with E-state index >= 15 is 0 Å². The van der Waals surface area contributed by atoms with Crippen molar-refractivity contribution in [3.05, 3.63) is 17.7 Å². The maximum absolute atomic E-state index is 12.4. The van der Waals surface area contributed by atoms with E-state index in [-0.39, 0.29) is 5.91 Å². The van der Waals surface area contributed by atoms with Crippen LogP contribution in [-0.4, -0.2) is 50.9 Å². The number of hydrogen-bond acceptors (Lipinski definition) is 5. The third-order valence-corrected chi connectivity index (χ3v) is 5.02. The van der Waals surface area contributed by atoms with Crippen LogP contribution in [0.4, 0.5) is 0 Å². The molecule has 5 nitrogen and oxygen atoms in total. The van der Waals surface area contributed by atoms with Gasteiger partial charge in [0.05, 0.1) is 14.2 Å². The van der Waals surface area contributed by atoms with Gasteiger partial charge in [-0.05, 0) is 43.3 Å². The van der Waals surface area contributed by atoms with Crippen molar-refractivity contribution in [1.29, 1.82) is 0 Å². The summed E-state index contributed by atoms with van der Waals surface area (Å²) in [5.74, 6) is 1.58. The minimum absolute atomic E-state index is 0.172. The molecule has 1 aromatic rings. The summed E-state index contributed by atoms with van der Waals surface area (Å²) >= 11 is 1.64. The minimum Gasteiger partial charge on any atom is -0.493 e. The van der Waals surface area contributed by atoms with Crippen LogP contribution in [0.3, 0.4) is 0 Å². The molecule has 1 aliphatic heterocycles. The first-order valence-corrected chi connectivity index (χ1v) is 9.07. The van der Waals surface area contributed by atoms with Crippen molar-refractivity contribution in [3.63, 3.8) is 0 Å². The second kappa shape index (κ2) is 8.45. The van der Waals surface area contributed by atoms with Gasteiger partial charge in [-0.15, -0.1) is 11.8 Å². The molecule has 1 amide bonds. The fourth-order valence-corrected chi connectivity index (χ4v) is 3.47. The Hall–Kier alpha value is -1.40. The molecule has 1 saturated heterocycles. The third-order valence-electron chi connectivity index (χ3n) is 4.20. The molecular weight excluding hydrogens is 312 g/mol. The van der Waals surface area contributed by atoms with E-state index in [1.165, 1.54) is 0 Å². The summed E-state index contributed by atoms with van der Waals surface area (Å²) < 4.78 is 10.7. The highest BCUT2D eigenvalue weighted by atomic mass is 32.2. The van der Waals surface area contributed by atoms with Gasteiger partial charge in [-0.25, -0.2) is 0 Å². The largest absolute Gasteiger partial charge is 0.493 e. The van der Waals surface area contributed by atoms with Crippen molar-refractivity contribution in [2.75, 3.05) is 34.1 Å². The molecule has 0 aromatic heterocycles. The molecule has 0 radical (unpaired) electrons. The normalized spacial score (nSPS) is 17.1. The molecule has 1 heterocycles. The van der Waals surface area contributed by atoms with Gasteiger partial charge in [-0.1, -0.05) is 0 Å². The standard InChI is InChI=1S/C17H26N2O3S/c1-19(17(20)9-13-6-5-7-18-13)11-12-8-14(21-2)15(22-3)10-16(12)23-4/h8,10,13,18H,5-7,9,11H2,1-4H3. The van der Waals surface area contributed by atoms with Crippen molar-refractivity contribution in [2.45, 2.75) is 36.7 Å². The zero-order valence-corrected chi connectivity index (χ0v) is 15.2. The van der Waals surface area contributed by atoms with E-state index in [1.54, 1.807) is 30.9 Å². The number of thioether (sulfide) groups is 1. The summed E-state index contributed by atoms with van der Waals surface area (Å²) in [5, 5.41) is 3.37. The Morgan fingerprint density at radius 3 is 2.61 bits per heavy atom. The smallest absolute Gasteiger partial charge is 0.224 e. The Morgan fingerprint density at radius 2 is 2.04 bits per heavy atom. The summed E-state index contributed by atoms with van der Waals surface area (Å²) in [6.45, 7) is 1.59. The van der Waals surface area contributed by atoms with Crippen molar-refractivity contribution in [1.82, 2.24) is 10.2 Å². The molecule has 0 aliphatic carbocycles. The number of carbonyl (C=O) groups is 1. The van der Waals surface area contributed by atoms with Gasteiger partial charge >= 0.3 is 0 Å². The highest BCUT2D eigenvalue weighted by Crippen LogP contribution is 2.35. The molecule has 1 aliphatic rings. The Kier molecular flexibility index (Phi) is 6.59. The van der Waals surface area contributed by atoms with E-state index in [1.807, 2.05) is 25.4 Å². The molecule has 0 bridgehead atoms. The van der Waals surface area contributed by atoms with Crippen LogP contribution in [0.25, 0.3) is 0 Å². The zero-order chi connectivity index (χ0) is 16.8. The number of rotatable bonds is 7. The number of nitrogens with one attached hydrogen (secondary N) is 1. The van der Waals surface area contributed by atoms with E-state index in [0.29, 0.717) is 30.5 Å². The summed E-state index contributed by atoms with van der Waals surface area (Å²) in [5.41, 5.74) is 1.07. The average Bonchev–Trinajstić information content (AvgIpc) is 3.07. The summed E-state index contributed by atoms with van der Waals surface area (Å²) in [6, 6.07) is 4.26. The third kappa shape index (κ3) is 4.54. The lowest BCUT2D eigenvalue weighted by Crippen LogP contribution is -2.33. The van der Waals surface area contributed by atoms with Crippen molar-refractivity contribution in [3.8, 4) is 11.5 Å². The second-order valence-electron chi connectivity index (χ2n) is 5.77. The predicted molar refractivity (Wildman–Crippen MR) is 93.4 cm³/mol.